The summed E-state index contributed by atoms with van der Waals surface area (Å²) in [4.78, 5) is 39.8. The number of nitrogens with one attached hydrogen (secondary N) is 1. The number of para-hydroxylation sites is 1. The molecule has 0 spiro atoms. The van der Waals surface area contributed by atoms with Crippen LogP contribution in [0.15, 0.2) is 48.5 Å². The molecule has 0 aliphatic rings. The van der Waals surface area contributed by atoms with Crippen LogP contribution in [0.5, 0.6) is 0 Å². The number of benzene rings is 2. The van der Waals surface area contributed by atoms with Crippen molar-refractivity contribution in [1.82, 2.24) is 5.32 Å². The van der Waals surface area contributed by atoms with Gasteiger partial charge in [0.15, 0.2) is 0 Å². The summed E-state index contributed by atoms with van der Waals surface area (Å²) in [7, 11) is 0. The predicted octanol–water partition coefficient (Wildman–Crippen LogP) is 4.02. The second kappa shape index (κ2) is 11.0. The Kier molecular flexibility index (Phi) is 8.68. The van der Waals surface area contributed by atoms with Crippen LogP contribution in [0, 0.1) is 17.6 Å². The molecule has 1 atom stereocenters. The number of anilines is 1. The van der Waals surface area contributed by atoms with Gasteiger partial charge in [0.1, 0.15) is 29.8 Å². The third-order valence-corrected chi connectivity index (χ3v) is 4.58. The van der Waals surface area contributed by atoms with Gasteiger partial charge in [0.25, 0.3) is 0 Å². The van der Waals surface area contributed by atoms with Crippen LogP contribution in [0.1, 0.15) is 40.2 Å². The SMILES string of the molecule is CC(C)[C@H](NC(=O)Cc1cc(F)cc(F)c1)C(=O)N(CC(=O)OC(C)(C)C)c1ccccc1. The summed E-state index contributed by atoms with van der Waals surface area (Å²) in [5.41, 5.74) is -0.108. The van der Waals surface area contributed by atoms with Crippen molar-refractivity contribution in [2.24, 2.45) is 5.92 Å². The molecular weight excluding hydrogens is 430 g/mol. The van der Waals surface area contributed by atoms with Gasteiger partial charge in [0.2, 0.25) is 11.8 Å². The highest BCUT2D eigenvalue weighted by Gasteiger charge is 2.32. The number of hydrogen-bond acceptors (Lipinski definition) is 4. The molecule has 0 bridgehead atoms. The van der Waals surface area contributed by atoms with Crippen molar-refractivity contribution < 1.29 is 27.9 Å². The van der Waals surface area contributed by atoms with E-state index in [0.717, 1.165) is 18.2 Å². The van der Waals surface area contributed by atoms with E-state index in [1.807, 2.05) is 0 Å². The first-order valence-corrected chi connectivity index (χ1v) is 10.7. The number of carbonyl (C=O) groups is 3. The second-order valence-corrected chi connectivity index (χ2v) is 9.09. The van der Waals surface area contributed by atoms with Crippen molar-refractivity contribution in [3.63, 3.8) is 0 Å². The maximum Gasteiger partial charge on any atom is 0.326 e. The highest BCUT2D eigenvalue weighted by molar-refractivity contribution is 6.02. The Balaban J connectivity index is 2.24. The van der Waals surface area contributed by atoms with Crippen molar-refractivity contribution in [1.29, 1.82) is 0 Å². The number of ether oxygens (including phenoxy) is 1. The van der Waals surface area contributed by atoms with Crippen molar-refractivity contribution in [3.8, 4) is 0 Å². The molecule has 6 nitrogen and oxygen atoms in total. The molecule has 0 saturated carbocycles. The van der Waals surface area contributed by atoms with Crippen LogP contribution in [0.25, 0.3) is 0 Å². The Morgan fingerprint density at radius 2 is 1.58 bits per heavy atom. The molecule has 33 heavy (non-hydrogen) atoms. The Labute approximate surface area is 192 Å². The summed E-state index contributed by atoms with van der Waals surface area (Å²) < 4.78 is 32.3. The molecule has 0 aliphatic carbocycles. The van der Waals surface area contributed by atoms with Crippen molar-refractivity contribution in [3.05, 3.63) is 65.7 Å². The monoisotopic (exact) mass is 460 g/mol. The zero-order valence-electron chi connectivity index (χ0n) is 19.5. The standard InChI is InChI=1S/C25H30F2N2O4/c1-16(2)23(28-21(30)13-17-11-18(26)14-19(27)12-17)24(32)29(20-9-7-6-8-10-20)15-22(31)33-25(3,4)5/h6-12,14,16,23H,13,15H2,1-5H3,(H,28,30)/t23-/m0/s1. The molecule has 2 amide bonds. The van der Waals surface area contributed by atoms with Crippen LogP contribution in [0.2, 0.25) is 0 Å². The van der Waals surface area contributed by atoms with E-state index in [4.69, 9.17) is 4.74 Å². The normalized spacial score (nSPS) is 12.2. The fourth-order valence-electron chi connectivity index (χ4n) is 3.21. The van der Waals surface area contributed by atoms with Crippen molar-refractivity contribution in [2.45, 2.75) is 52.7 Å². The number of amides is 2. The summed E-state index contributed by atoms with van der Waals surface area (Å²) in [6.07, 6.45) is -0.303. The minimum absolute atomic E-state index is 0.147. The zero-order valence-corrected chi connectivity index (χ0v) is 19.5. The van der Waals surface area contributed by atoms with E-state index in [0.29, 0.717) is 5.69 Å². The summed E-state index contributed by atoms with van der Waals surface area (Å²) in [5, 5.41) is 2.65. The van der Waals surface area contributed by atoms with E-state index in [9.17, 15) is 23.2 Å². The third kappa shape index (κ3) is 8.29. The number of carbonyl (C=O) groups excluding carboxylic acids is 3. The van der Waals surface area contributed by atoms with Crippen LogP contribution < -0.4 is 10.2 Å². The molecule has 0 radical (unpaired) electrons. The minimum atomic E-state index is -0.974. The van der Waals surface area contributed by atoms with Gasteiger partial charge in [-0.15, -0.1) is 0 Å². The lowest BCUT2D eigenvalue weighted by Gasteiger charge is -2.30. The second-order valence-electron chi connectivity index (χ2n) is 9.09. The number of halogens is 2. The van der Waals surface area contributed by atoms with E-state index < -0.39 is 41.1 Å². The highest BCUT2D eigenvalue weighted by atomic mass is 19.1. The van der Waals surface area contributed by atoms with Gasteiger partial charge in [-0.3, -0.25) is 19.3 Å². The van der Waals surface area contributed by atoms with Crippen LogP contribution in [-0.4, -0.2) is 36.0 Å². The summed E-state index contributed by atoms with van der Waals surface area (Å²) in [5.74, 6) is -3.57. The fourth-order valence-corrected chi connectivity index (χ4v) is 3.21. The quantitative estimate of drug-likeness (QED) is 0.604. The smallest absolute Gasteiger partial charge is 0.326 e. The van der Waals surface area contributed by atoms with Crippen LogP contribution in [-0.2, 0) is 25.5 Å². The number of esters is 1. The van der Waals surface area contributed by atoms with E-state index in [-0.39, 0.29) is 24.4 Å². The van der Waals surface area contributed by atoms with Crippen molar-refractivity contribution in [2.75, 3.05) is 11.4 Å². The molecule has 0 heterocycles. The minimum Gasteiger partial charge on any atom is -0.459 e. The van der Waals surface area contributed by atoms with Gasteiger partial charge in [-0.05, 0) is 56.5 Å². The summed E-state index contributed by atoms with van der Waals surface area (Å²) >= 11 is 0. The number of hydrogen-bond donors (Lipinski definition) is 1. The average Bonchev–Trinajstić information content (AvgIpc) is 2.68. The first-order valence-electron chi connectivity index (χ1n) is 10.7. The largest absolute Gasteiger partial charge is 0.459 e. The van der Waals surface area contributed by atoms with Gasteiger partial charge in [0, 0.05) is 11.8 Å². The topological polar surface area (TPSA) is 75.7 Å². The molecule has 2 aromatic rings. The van der Waals surface area contributed by atoms with E-state index in [2.05, 4.69) is 5.32 Å². The molecule has 8 heteroatoms. The maximum atomic E-state index is 13.5. The summed E-state index contributed by atoms with van der Waals surface area (Å²) in [6.45, 7) is 8.35. The van der Waals surface area contributed by atoms with Gasteiger partial charge in [-0.1, -0.05) is 32.0 Å². The van der Waals surface area contributed by atoms with Gasteiger partial charge in [-0.25, -0.2) is 8.78 Å². The Morgan fingerprint density at radius 1 is 1.00 bits per heavy atom. The molecule has 1 N–H and O–H groups in total. The van der Waals surface area contributed by atoms with Crippen molar-refractivity contribution >= 4 is 23.5 Å². The lowest BCUT2D eigenvalue weighted by atomic mass is 10.0. The van der Waals surface area contributed by atoms with Gasteiger partial charge < -0.3 is 10.1 Å². The molecule has 2 aromatic carbocycles. The molecule has 0 aromatic heterocycles. The van der Waals surface area contributed by atoms with Crippen LogP contribution in [0.3, 0.4) is 0 Å². The Morgan fingerprint density at radius 3 is 2.09 bits per heavy atom. The zero-order chi connectivity index (χ0) is 24.8. The van der Waals surface area contributed by atoms with Crippen LogP contribution >= 0.6 is 0 Å². The van der Waals surface area contributed by atoms with Gasteiger partial charge in [0.05, 0.1) is 6.42 Å². The van der Waals surface area contributed by atoms with E-state index in [1.165, 1.54) is 4.90 Å². The number of rotatable bonds is 8. The Bertz CT molecular complexity index is 967. The highest BCUT2D eigenvalue weighted by Crippen LogP contribution is 2.19. The first kappa shape index (κ1) is 26.0. The third-order valence-electron chi connectivity index (χ3n) is 4.58. The molecule has 0 aliphatic heterocycles. The summed E-state index contributed by atoms with van der Waals surface area (Å²) in [6, 6.07) is 10.5. The van der Waals surface area contributed by atoms with Gasteiger partial charge in [-0.2, -0.15) is 0 Å². The molecule has 0 unspecified atom stereocenters. The van der Waals surface area contributed by atoms with Gasteiger partial charge >= 0.3 is 5.97 Å². The molecule has 0 fully saturated rings. The first-order chi connectivity index (χ1) is 15.4. The Hall–Kier alpha value is -3.29. The predicted molar refractivity (Wildman–Crippen MR) is 121 cm³/mol. The molecule has 0 saturated heterocycles. The average molecular weight is 461 g/mol. The molecular formula is C25H30F2N2O4. The molecule has 2 rings (SSSR count). The van der Waals surface area contributed by atoms with Crippen LogP contribution in [0.4, 0.5) is 14.5 Å². The molecule has 178 valence electrons. The lowest BCUT2D eigenvalue weighted by molar-refractivity contribution is -0.153. The van der Waals surface area contributed by atoms with E-state index >= 15 is 0 Å². The number of nitrogens with zero attached hydrogens (tertiary/aromatic N) is 1. The lowest BCUT2D eigenvalue weighted by Crippen LogP contribution is -2.53. The fraction of sp³-hybridized carbons (Fsp3) is 0.400. The maximum absolute atomic E-state index is 13.5. The van der Waals surface area contributed by atoms with E-state index in [1.54, 1.807) is 65.0 Å².